The van der Waals surface area contributed by atoms with Crippen molar-refractivity contribution >= 4 is 5.91 Å². The van der Waals surface area contributed by atoms with Gasteiger partial charge in [-0.2, -0.15) is 0 Å². The topological polar surface area (TPSA) is 88.5 Å². The third-order valence-corrected chi connectivity index (χ3v) is 3.18. The number of aliphatic hydroxyl groups excluding tert-OH is 1. The number of rotatable bonds is 7. The summed E-state index contributed by atoms with van der Waals surface area (Å²) in [5.74, 6) is 0.540. The summed E-state index contributed by atoms with van der Waals surface area (Å²) in [5.41, 5.74) is 5.83. The van der Waals surface area contributed by atoms with E-state index >= 15 is 0 Å². The molecule has 1 atom stereocenters. The first-order valence-corrected chi connectivity index (χ1v) is 6.36. The lowest BCUT2D eigenvalue weighted by Gasteiger charge is -2.20. The second kappa shape index (κ2) is 7.18. The summed E-state index contributed by atoms with van der Waals surface area (Å²) in [7, 11) is 0. The van der Waals surface area contributed by atoms with E-state index in [4.69, 9.17) is 10.2 Å². The average molecular weight is 254 g/mol. The van der Waals surface area contributed by atoms with Gasteiger partial charge in [-0.05, 0) is 12.0 Å². The standard InChI is InChI=1S/C13H22N2O3/c1-3-9(4-2)12(16)7-15-13(17)10-5-11(6-14)18-8-10/h5,8-9,12,16H,3-4,6-7,14H2,1-2H3,(H,15,17). The lowest BCUT2D eigenvalue weighted by molar-refractivity contribution is 0.0816. The molecule has 5 nitrogen and oxygen atoms in total. The number of carbonyl (C=O) groups excluding carboxylic acids is 1. The van der Waals surface area contributed by atoms with E-state index in [1.807, 2.05) is 13.8 Å². The second-order valence-corrected chi connectivity index (χ2v) is 4.36. The molecule has 0 bridgehead atoms. The molecule has 102 valence electrons. The van der Waals surface area contributed by atoms with Crippen molar-refractivity contribution in [2.75, 3.05) is 6.54 Å². The van der Waals surface area contributed by atoms with Crippen LogP contribution in [0.1, 0.15) is 42.8 Å². The Morgan fingerprint density at radius 1 is 1.50 bits per heavy atom. The van der Waals surface area contributed by atoms with Crippen LogP contribution in [-0.2, 0) is 6.54 Å². The van der Waals surface area contributed by atoms with E-state index in [0.29, 0.717) is 11.3 Å². The van der Waals surface area contributed by atoms with Gasteiger partial charge in [0.2, 0.25) is 0 Å². The third kappa shape index (κ3) is 3.85. The Bertz CT molecular complexity index is 372. The summed E-state index contributed by atoms with van der Waals surface area (Å²) in [6.45, 7) is 4.59. The fraction of sp³-hybridized carbons (Fsp3) is 0.615. The minimum absolute atomic E-state index is 0.217. The first kappa shape index (κ1) is 14.7. The molecular weight excluding hydrogens is 232 g/mol. The maximum atomic E-state index is 11.8. The molecule has 1 amide bonds. The number of nitrogens with two attached hydrogens (primary N) is 1. The van der Waals surface area contributed by atoms with Gasteiger partial charge < -0.3 is 20.6 Å². The Hall–Kier alpha value is -1.33. The first-order chi connectivity index (χ1) is 8.62. The van der Waals surface area contributed by atoms with Gasteiger partial charge in [0.25, 0.3) is 5.91 Å². The lowest BCUT2D eigenvalue weighted by atomic mass is 9.96. The second-order valence-electron chi connectivity index (χ2n) is 4.36. The number of hydrogen-bond acceptors (Lipinski definition) is 4. The molecule has 1 unspecified atom stereocenters. The molecule has 0 radical (unpaired) electrons. The molecule has 0 aliphatic heterocycles. The third-order valence-electron chi connectivity index (χ3n) is 3.18. The summed E-state index contributed by atoms with van der Waals surface area (Å²) in [6, 6.07) is 1.61. The highest BCUT2D eigenvalue weighted by Gasteiger charge is 2.17. The van der Waals surface area contributed by atoms with Crippen molar-refractivity contribution in [2.45, 2.75) is 39.3 Å². The van der Waals surface area contributed by atoms with E-state index in [9.17, 15) is 9.90 Å². The van der Waals surface area contributed by atoms with E-state index in [-0.39, 0.29) is 24.9 Å². The number of amides is 1. The van der Waals surface area contributed by atoms with Crippen molar-refractivity contribution in [3.63, 3.8) is 0 Å². The normalized spacial score (nSPS) is 12.7. The van der Waals surface area contributed by atoms with Gasteiger partial charge in [-0.1, -0.05) is 26.7 Å². The number of furan rings is 1. The summed E-state index contributed by atoms with van der Waals surface area (Å²) in [5, 5.41) is 12.6. The first-order valence-electron chi connectivity index (χ1n) is 6.36. The Balaban J connectivity index is 2.45. The molecule has 1 rings (SSSR count). The fourth-order valence-corrected chi connectivity index (χ4v) is 1.91. The highest BCUT2D eigenvalue weighted by atomic mass is 16.3. The van der Waals surface area contributed by atoms with Crippen LogP contribution in [0.15, 0.2) is 16.7 Å². The minimum Gasteiger partial charge on any atom is -0.467 e. The molecule has 0 fully saturated rings. The predicted molar refractivity (Wildman–Crippen MR) is 69.0 cm³/mol. The quantitative estimate of drug-likeness (QED) is 0.683. The van der Waals surface area contributed by atoms with Crippen LogP contribution < -0.4 is 11.1 Å². The Kier molecular flexibility index (Phi) is 5.88. The molecule has 0 spiro atoms. The average Bonchev–Trinajstić information content (AvgIpc) is 2.86. The molecule has 0 saturated carbocycles. The largest absolute Gasteiger partial charge is 0.467 e. The fourth-order valence-electron chi connectivity index (χ4n) is 1.91. The van der Waals surface area contributed by atoms with Crippen LogP contribution in [0.5, 0.6) is 0 Å². The molecule has 1 aromatic rings. The van der Waals surface area contributed by atoms with Gasteiger partial charge >= 0.3 is 0 Å². The molecule has 0 aliphatic carbocycles. The van der Waals surface area contributed by atoms with Crippen molar-refractivity contribution in [1.82, 2.24) is 5.32 Å². The highest BCUT2D eigenvalue weighted by molar-refractivity contribution is 5.93. The molecular formula is C13H22N2O3. The van der Waals surface area contributed by atoms with E-state index in [2.05, 4.69) is 5.32 Å². The van der Waals surface area contributed by atoms with Crippen LogP contribution in [0.4, 0.5) is 0 Å². The Morgan fingerprint density at radius 2 is 2.17 bits per heavy atom. The van der Waals surface area contributed by atoms with Crippen LogP contribution >= 0.6 is 0 Å². The van der Waals surface area contributed by atoms with E-state index < -0.39 is 6.10 Å². The van der Waals surface area contributed by atoms with Crippen LogP contribution in [-0.4, -0.2) is 23.7 Å². The molecule has 1 aromatic heterocycles. The summed E-state index contributed by atoms with van der Waals surface area (Å²) in [6.07, 6.45) is 2.67. The van der Waals surface area contributed by atoms with Crippen LogP contribution in [0.2, 0.25) is 0 Å². The highest BCUT2D eigenvalue weighted by Crippen LogP contribution is 2.12. The zero-order valence-electron chi connectivity index (χ0n) is 11.0. The minimum atomic E-state index is -0.509. The molecule has 0 saturated heterocycles. The Morgan fingerprint density at radius 3 is 2.67 bits per heavy atom. The molecule has 0 aromatic carbocycles. The van der Waals surface area contributed by atoms with E-state index in [1.165, 1.54) is 6.26 Å². The van der Waals surface area contributed by atoms with Gasteiger partial charge in [0.05, 0.1) is 18.2 Å². The van der Waals surface area contributed by atoms with E-state index in [1.54, 1.807) is 6.07 Å². The summed E-state index contributed by atoms with van der Waals surface area (Å²) >= 11 is 0. The maximum absolute atomic E-state index is 11.8. The molecule has 0 aliphatic rings. The zero-order chi connectivity index (χ0) is 13.5. The lowest BCUT2D eigenvalue weighted by Crippen LogP contribution is -2.35. The van der Waals surface area contributed by atoms with Crippen molar-refractivity contribution in [3.8, 4) is 0 Å². The zero-order valence-corrected chi connectivity index (χ0v) is 11.0. The smallest absolute Gasteiger partial charge is 0.254 e. The maximum Gasteiger partial charge on any atom is 0.254 e. The number of nitrogens with one attached hydrogen (secondary N) is 1. The molecule has 5 heteroatoms. The van der Waals surface area contributed by atoms with Gasteiger partial charge in [0.1, 0.15) is 12.0 Å². The van der Waals surface area contributed by atoms with Crippen molar-refractivity contribution in [1.29, 1.82) is 0 Å². The van der Waals surface area contributed by atoms with Gasteiger partial charge in [0.15, 0.2) is 0 Å². The predicted octanol–water partition coefficient (Wildman–Crippen LogP) is 1.27. The van der Waals surface area contributed by atoms with Gasteiger partial charge in [0, 0.05) is 6.54 Å². The van der Waals surface area contributed by atoms with Gasteiger partial charge in [-0.15, -0.1) is 0 Å². The molecule has 1 heterocycles. The van der Waals surface area contributed by atoms with Crippen LogP contribution in [0.3, 0.4) is 0 Å². The summed E-state index contributed by atoms with van der Waals surface area (Å²) in [4.78, 5) is 11.8. The van der Waals surface area contributed by atoms with Gasteiger partial charge in [-0.3, -0.25) is 4.79 Å². The molecule has 18 heavy (non-hydrogen) atoms. The number of carbonyl (C=O) groups is 1. The Labute approximate surface area is 107 Å². The number of aliphatic hydroxyl groups is 1. The van der Waals surface area contributed by atoms with Crippen molar-refractivity contribution in [2.24, 2.45) is 11.7 Å². The SMILES string of the molecule is CCC(CC)C(O)CNC(=O)c1coc(CN)c1. The monoisotopic (exact) mass is 254 g/mol. The van der Waals surface area contributed by atoms with Crippen LogP contribution in [0, 0.1) is 5.92 Å². The van der Waals surface area contributed by atoms with Crippen molar-refractivity contribution in [3.05, 3.63) is 23.7 Å². The van der Waals surface area contributed by atoms with Gasteiger partial charge in [-0.25, -0.2) is 0 Å². The summed E-state index contributed by atoms with van der Waals surface area (Å²) < 4.78 is 5.08. The van der Waals surface area contributed by atoms with E-state index in [0.717, 1.165) is 12.8 Å². The van der Waals surface area contributed by atoms with Crippen molar-refractivity contribution < 1.29 is 14.3 Å². The number of hydrogen-bond donors (Lipinski definition) is 3. The van der Waals surface area contributed by atoms with Crippen LogP contribution in [0.25, 0.3) is 0 Å². The molecule has 4 N–H and O–H groups in total.